The summed E-state index contributed by atoms with van der Waals surface area (Å²) >= 11 is 0. The van der Waals surface area contributed by atoms with Gasteiger partial charge in [0.05, 0.1) is 22.5 Å². The number of ether oxygens (including phenoxy) is 1. The van der Waals surface area contributed by atoms with Crippen molar-refractivity contribution in [2.24, 2.45) is 0 Å². The zero-order chi connectivity index (χ0) is 41.0. The summed E-state index contributed by atoms with van der Waals surface area (Å²) in [6.07, 6.45) is 1.84. The van der Waals surface area contributed by atoms with E-state index in [9.17, 15) is 0 Å². The first kappa shape index (κ1) is 35.7. The predicted molar refractivity (Wildman–Crippen MR) is 250 cm³/mol. The minimum atomic E-state index is -0.674. The largest absolute Gasteiger partial charge is 0.457 e. The van der Waals surface area contributed by atoms with Gasteiger partial charge in [-0.05, 0) is 99.1 Å². The van der Waals surface area contributed by atoms with Crippen molar-refractivity contribution in [2.75, 3.05) is 0 Å². The Kier molecular flexibility index (Phi) is 8.36. The van der Waals surface area contributed by atoms with E-state index < -0.39 is 5.41 Å². The van der Waals surface area contributed by atoms with E-state index in [0.29, 0.717) is 5.82 Å². The van der Waals surface area contributed by atoms with Gasteiger partial charge >= 0.3 is 0 Å². The number of hydrogen-bond acceptors (Lipinski definition) is 4. The van der Waals surface area contributed by atoms with Gasteiger partial charge < -0.3 is 4.74 Å². The molecule has 4 nitrogen and oxygen atoms in total. The fourth-order valence-electron chi connectivity index (χ4n) is 9.56. The molecule has 0 atom stereocenters. The Morgan fingerprint density at radius 1 is 0.306 bits per heavy atom. The lowest BCUT2D eigenvalue weighted by molar-refractivity contribution is 0.436. The highest BCUT2D eigenvalue weighted by Crippen LogP contribution is 2.62. The molecule has 0 bridgehead atoms. The Bertz CT molecular complexity index is 3260. The van der Waals surface area contributed by atoms with Crippen LogP contribution in [0.1, 0.15) is 22.3 Å². The number of rotatable bonds is 6. The molecule has 8 aromatic carbocycles. The average Bonchev–Trinajstić information content (AvgIpc) is 3.65. The highest BCUT2D eigenvalue weighted by Gasteiger charge is 2.51. The summed E-state index contributed by atoms with van der Waals surface area (Å²) in [6.45, 7) is 0. The molecular formula is C58H37N3O. The van der Waals surface area contributed by atoms with Crippen molar-refractivity contribution in [1.82, 2.24) is 15.0 Å². The van der Waals surface area contributed by atoms with Crippen LogP contribution in [-0.2, 0) is 5.41 Å². The second-order valence-electron chi connectivity index (χ2n) is 15.9. The fourth-order valence-corrected chi connectivity index (χ4v) is 9.56. The lowest BCUT2D eigenvalue weighted by atomic mass is 9.65. The monoisotopic (exact) mass is 791 g/mol. The standard InChI is InChI=1S/C58H37N3O/c1-3-14-38(15-4-1)39-25-27-40(28-26-39)53-37-54(61-57(60-53)41-16-5-2-6-17-41)45-30-32-56-51(36-45)58(48-22-9-7-20-46(48)47-21-8-10-23-49(47)58)50-35-43(29-31-55(50)62-56)42-18-13-19-44(34-42)52-24-11-12-33-59-52/h1-37H. The highest BCUT2D eigenvalue weighted by atomic mass is 16.5. The van der Waals surface area contributed by atoms with Gasteiger partial charge in [0.2, 0.25) is 0 Å². The second kappa shape index (κ2) is 14.5. The number of hydrogen-bond donors (Lipinski definition) is 0. The molecule has 0 N–H and O–H groups in total. The van der Waals surface area contributed by atoms with E-state index >= 15 is 0 Å². The van der Waals surface area contributed by atoms with Crippen LogP contribution < -0.4 is 4.74 Å². The summed E-state index contributed by atoms with van der Waals surface area (Å²) < 4.78 is 6.96. The third-order valence-corrected chi connectivity index (χ3v) is 12.4. The zero-order valence-electron chi connectivity index (χ0n) is 33.6. The molecular weight excluding hydrogens is 755 g/mol. The van der Waals surface area contributed by atoms with Gasteiger partial charge in [0.15, 0.2) is 5.82 Å². The maximum atomic E-state index is 6.96. The molecule has 1 aliphatic carbocycles. The van der Waals surface area contributed by atoms with Crippen molar-refractivity contribution in [3.05, 3.63) is 247 Å². The summed E-state index contributed by atoms with van der Waals surface area (Å²) in [5.41, 5.74) is 17.7. The van der Waals surface area contributed by atoms with Gasteiger partial charge in [-0.15, -0.1) is 0 Å². The predicted octanol–water partition coefficient (Wildman–Crippen LogP) is 14.3. The molecule has 3 heterocycles. The van der Waals surface area contributed by atoms with Crippen LogP contribution >= 0.6 is 0 Å². The quantitative estimate of drug-likeness (QED) is 0.168. The minimum Gasteiger partial charge on any atom is -0.457 e. The van der Waals surface area contributed by atoms with Crippen molar-refractivity contribution in [2.45, 2.75) is 5.41 Å². The summed E-state index contributed by atoms with van der Waals surface area (Å²) in [5, 5.41) is 0. The molecule has 2 aromatic heterocycles. The molecule has 0 fully saturated rings. The average molecular weight is 792 g/mol. The van der Waals surface area contributed by atoms with E-state index in [1.54, 1.807) is 0 Å². The van der Waals surface area contributed by atoms with Gasteiger partial charge in [-0.25, -0.2) is 9.97 Å². The van der Waals surface area contributed by atoms with E-state index in [1.807, 2.05) is 42.6 Å². The molecule has 10 aromatic rings. The Morgan fingerprint density at radius 3 is 1.47 bits per heavy atom. The van der Waals surface area contributed by atoms with E-state index in [2.05, 4.69) is 187 Å². The lowest BCUT2D eigenvalue weighted by Crippen LogP contribution is -2.32. The van der Waals surface area contributed by atoms with Crippen LogP contribution in [0.15, 0.2) is 225 Å². The lowest BCUT2D eigenvalue weighted by Gasteiger charge is -2.40. The maximum absolute atomic E-state index is 6.96. The summed E-state index contributed by atoms with van der Waals surface area (Å²) in [7, 11) is 0. The second-order valence-corrected chi connectivity index (χ2v) is 15.9. The van der Waals surface area contributed by atoms with Gasteiger partial charge in [-0.3, -0.25) is 4.98 Å². The molecule has 0 unspecified atom stereocenters. The smallest absolute Gasteiger partial charge is 0.160 e. The van der Waals surface area contributed by atoms with Gasteiger partial charge in [0, 0.05) is 39.6 Å². The first-order valence-corrected chi connectivity index (χ1v) is 21.0. The summed E-state index contributed by atoms with van der Waals surface area (Å²) in [4.78, 5) is 15.1. The van der Waals surface area contributed by atoms with Crippen LogP contribution in [0.3, 0.4) is 0 Å². The normalized spacial score (nSPS) is 12.8. The van der Waals surface area contributed by atoms with E-state index in [4.69, 9.17) is 14.7 Å². The molecule has 12 rings (SSSR count). The first-order valence-electron chi connectivity index (χ1n) is 21.0. The molecule has 1 aliphatic heterocycles. The van der Waals surface area contributed by atoms with E-state index in [0.717, 1.165) is 78.7 Å². The van der Waals surface area contributed by atoms with Crippen LogP contribution in [0.25, 0.3) is 78.5 Å². The Balaban J connectivity index is 1.06. The van der Waals surface area contributed by atoms with Crippen LogP contribution in [0, 0.1) is 0 Å². The number of pyridine rings is 1. The van der Waals surface area contributed by atoms with Crippen molar-refractivity contribution < 1.29 is 4.74 Å². The molecule has 0 saturated heterocycles. The SMILES string of the molecule is c1ccc(-c2ccc(-c3cc(-c4ccc5c(c4)C4(c6cc(-c7cccc(-c8ccccn8)c7)ccc6O5)c5ccccc5-c5ccccc54)nc(-c4ccccc4)n3)cc2)cc1. The van der Waals surface area contributed by atoms with E-state index in [1.165, 1.54) is 27.8 Å². The van der Waals surface area contributed by atoms with Gasteiger partial charge in [-0.2, -0.15) is 0 Å². The molecule has 0 radical (unpaired) electrons. The van der Waals surface area contributed by atoms with Crippen molar-refractivity contribution in [3.8, 4) is 90.0 Å². The summed E-state index contributed by atoms with van der Waals surface area (Å²) in [5.74, 6) is 2.34. The third-order valence-electron chi connectivity index (χ3n) is 12.4. The Hall–Kier alpha value is -8.21. The van der Waals surface area contributed by atoms with Crippen LogP contribution in [0.2, 0.25) is 0 Å². The van der Waals surface area contributed by atoms with E-state index in [-0.39, 0.29) is 0 Å². The van der Waals surface area contributed by atoms with Crippen molar-refractivity contribution in [3.63, 3.8) is 0 Å². The molecule has 2 aliphatic rings. The number of nitrogens with zero attached hydrogens (tertiary/aromatic N) is 3. The maximum Gasteiger partial charge on any atom is 0.160 e. The van der Waals surface area contributed by atoms with Gasteiger partial charge in [0.25, 0.3) is 0 Å². The Labute approximate surface area is 360 Å². The van der Waals surface area contributed by atoms with Gasteiger partial charge in [0.1, 0.15) is 11.5 Å². The molecule has 290 valence electrons. The number of fused-ring (bicyclic) bond motifs is 9. The molecule has 1 spiro atoms. The van der Waals surface area contributed by atoms with Crippen LogP contribution in [0.4, 0.5) is 0 Å². The first-order chi connectivity index (χ1) is 30.7. The highest BCUT2D eigenvalue weighted by molar-refractivity contribution is 5.90. The van der Waals surface area contributed by atoms with Gasteiger partial charge in [-0.1, -0.05) is 164 Å². The van der Waals surface area contributed by atoms with Crippen molar-refractivity contribution in [1.29, 1.82) is 0 Å². The number of benzene rings is 8. The third kappa shape index (κ3) is 5.80. The molecule has 62 heavy (non-hydrogen) atoms. The number of aromatic nitrogens is 3. The van der Waals surface area contributed by atoms with Crippen LogP contribution in [0.5, 0.6) is 11.5 Å². The molecule has 0 saturated carbocycles. The topological polar surface area (TPSA) is 47.9 Å². The van der Waals surface area contributed by atoms with Crippen LogP contribution in [-0.4, -0.2) is 15.0 Å². The summed E-state index contributed by atoms with van der Waals surface area (Å²) in [6, 6.07) is 77.2. The molecule has 0 amide bonds. The Morgan fingerprint density at radius 2 is 0.790 bits per heavy atom. The fraction of sp³-hybridized carbons (Fsp3) is 0.0172. The zero-order valence-corrected chi connectivity index (χ0v) is 33.6. The van der Waals surface area contributed by atoms with Crippen molar-refractivity contribution >= 4 is 0 Å². The molecule has 4 heteroatoms. The minimum absolute atomic E-state index is 0.674.